The Morgan fingerprint density at radius 3 is 2.86 bits per heavy atom. The summed E-state index contributed by atoms with van der Waals surface area (Å²) in [6.45, 7) is 0.0491. The summed E-state index contributed by atoms with van der Waals surface area (Å²) in [5.74, 6) is -0.480. The first-order valence-electron chi connectivity index (χ1n) is 5.89. The number of hydrogen-bond acceptors (Lipinski definition) is 6. The van der Waals surface area contributed by atoms with Crippen molar-refractivity contribution in [3.05, 3.63) is 44.8 Å². The number of thioether (sulfide) groups is 1. The van der Waals surface area contributed by atoms with Crippen LogP contribution in [-0.2, 0) is 4.79 Å². The van der Waals surface area contributed by atoms with Gasteiger partial charge >= 0.3 is 0 Å². The van der Waals surface area contributed by atoms with Crippen LogP contribution in [0.5, 0.6) is 0 Å². The average Bonchev–Trinajstić information content (AvgIpc) is 2.72. The first-order valence-corrected chi connectivity index (χ1v) is 6.71. The van der Waals surface area contributed by atoms with Crippen LogP contribution < -0.4 is 0 Å². The van der Waals surface area contributed by atoms with Crippen molar-refractivity contribution in [3.8, 4) is 6.07 Å². The van der Waals surface area contributed by atoms with Crippen molar-refractivity contribution in [2.24, 2.45) is 0 Å². The fraction of sp³-hybridized carbons (Fsp3) is 0.154. The molecule has 0 unspecified atom stereocenters. The van der Waals surface area contributed by atoms with Gasteiger partial charge in [0.15, 0.2) is 0 Å². The molecule has 1 aliphatic heterocycles. The molecular weight excluding hydrogens is 294 g/mol. The van der Waals surface area contributed by atoms with Crippen LogP contribution >= 0.6 is 11.8 Å². The SMILES string of the molecule is N#CCCN1C(=O)S/C(=C/c2cccc([N+](=O)[O-])c2)C1=O. The van der Waals surface area contributed by atoms with Crippen molar-refractivity contribution < 1.29 is 14.5 Å². The van der Waals surface area contributed by atoms with Crippen molar-refractivity contribution >= 4 is 34.7 Å². The summed E-state index contributed by atoms with van der Waals surface area (Å²) in [4.78, 5) is 35.0. The highest BCUT2D eigenvalue weighted by molar-refractivity contribution is 8.18. The lowest BCUT2D eigenvalue weighted by atomic mass is 10.2. The zero-order valence-electron chi connectivity index (χ0n) is 10.7. The van der Waals surface area contributed by atoms with Gasteiger partial charge in [-0.15, -0.1) is 0 Å². The Hall–Kier alpha value is -2.66. The molecule has 1 aliphatic rings. The lowest BCUT2D eigenvalue weighted by Gasteiger charge is -2.08. The van der Waals surface area contributed by atoms with Gasteiger partial charge in [0, 0.05) is 18.7 Å². The van der Waals surface area contributed by atoms with E-state index in [1.807, 2.05) is 6.07 Å². The molecular formula is C13H9N3O4S. The normalized spacial score (nSPS) is 16.3. The number of nitriles is 1. The fourth-order valence-corrected chi connectivity index (χ4v) is 2.60. The van der Waals surface area contributed by atoms with Gasteiger partial charge in [-0.2, -0.15) is 5.26 Å². The van der Waals surface area contributed by atoms with Gasteiger partial charge in [-0.1, -0.05) is 12.1 Å². The molecule has 0 aromatic heterocycles. The molecule has 0 saturated carbocycles. The molecule has 1 saturated heterocycles. The molecule has 0 aliphatic carbocycles. The highest BCUT2D eigenvalue weighted by Gasteiger charge is 2.34. The second-order valence-electron chi connectivity index (χ2n) is 4.09. The summed E-state index contributed by atoms with van der Waals surface area (Å²) in [5.41, 5.74) is 0.377. The Morgan fingerprint density at radius 2 is 2.19 bits per heavy atom. The minimum Gasteiger partial charge on any atom is -0.268 e. The second-order valence-corrected chi connectivity index (χ2v) is 5.09. The van der Waals surface area contributed by atoms with Gasteiger partial charge in [0.2, 0.25) is 0 Å². The summed E-state index contributed by atoms with van der Waals surface area (Å²) < 4.78 is 0. The quantitative estimate of drug-likeness (QED) is 0.481. The summed E-state index contributed by atoms with van der Waals surface area (Å²) in [6.07, 6.45) is 1.51. The van der Waals surface area contributed by atoms with Gasteiger partial charge in [-0.25, -0.2) is 0 Å². The van der Waals surface area contributed by atoms with Gasteiger partial charge in [0.25, 0.3) is 16.8 Å². The molecule has 1 aromatic carbocycles. The Labute approximate surface area is 124 Å². The highest BCUT2D eigenvalue weighted by Crippen LogP contribution is 2.32. The van der Waals surface area contributed by atoms with Gasteiger partial charge < -0.3 is 0 Å². The number of nitro benzene ring substituents is 1. The van der Waals surface area contributed by atoms with E-state index >= 15 is 0 Å². The summed E-state index contributed by atoms with van der Waals surface area (Å²) in [6, 6.07) is 7.65. The lowest BCUT2D eigenvalue weighted by Crippen LogP contribution is -2.28. The third kappa shape index (κ3) is 3.27. The summed E-state index contributed by atoms with van der Waals surface area (Å²) in [5, 5.41) is 18.8. The van der Waals surface area contributed by atoms with Crippen LogP contribution in [0.2, 0.25) is 0 Å². The maximum Gasteiger partial charge on any atom is 0.293 e. The number of carbonyl (C=O) groups is 2. The van der Waals surface area contributed by atoms with E-state index in [1.54, 1.807) is 6.07 Å². The van der Waals surface area contributed by atoms with Crippen LogP contribution in [-0.4, -0.2) is 27.5 Å². The number of nitro groups is 1. The predicted molar refractivity (Wildman–Crippen MR) is 76.0 cm³/mol. The standard InChI is InChI=1S/C13H9N3O4S/c14-5-2-6-15-12(17)11(21-13(15)18)8-9-3-1-4-10(7-9)16(19)20/h1,3-4,7-8H,2,6H2/b11-8+. The zero-order valence-corrected chi connectivity index (χ0v) is 11.5. The van der Waals surface area contributed by atoms with Crippen LogP contribution in [0.15, 0.2) is 29.2 Å². The molecule has 0 bridgehead atoms. The van der Waals surface area contributed by atoms with Crippen LogP contribution in [0.4, 0.5) is 10.5 Å². The molecule has 0 radical (unpaired) electrons. The molecule has 1 aromatic rings. The smallest absolute Gasteiger partial charge is 0.268 e. The highest BCUT2D eigenvalue weighted by atomic mass is 32.2. The lowest BCUT2D eigenvalue weighted by molar-refractivity contribution is -0.384. The zero-order chi connectivity index (χ0) is 15.4. The van der Waals surface area contributed by atoms with Crippen molar-refractivity contribution in [1.82, 2.24) is 4.90 Å². The van der Waals surface area contributed by atoms with Crippen molar-refractivity contribution in [2.75, 3.05) is 6.54 Å². The molecule has 1 fully saturated rings. The number of non-ortho nitro benzene ring substituents is 1. The molecule has 21 heavy (non-hydrogen) atoms. The van der Waals surface area contributed by atoms with E-state index in [1.165, 1.54) is 24.3 Å². The molecule has 0 N–H and O–H groups in total. The van der Waals surface area contributed by atoms with Gasteiger partial charge in [0.1, 0.15) is 0 Å². The largest absolute Gasteiger partial charge is 0.293 e. The predicted octanol–water partition coefficient (Wildman–Crippen LogP) is 2.54. The summed E-state index contributed by atoms with van der Waals surface area (Å²) >= 11 is 0.761. The molecule has 106 valence electrons. The molecule has 2 amide bonds. The Kier molecular flexibility index (Phi) is 4.35. The molecule has 0 spiro atoms. The number of benzene rings is 1. The number of imide groups is 1. The maximum absolute atomic E-state index is 12.0. The number of hydrogen-bond donors (Lipinski definition) is 0. The van der Waals surface area contributed by atoms with E-state index in [-0.39, 0.29) is 23.6 Å². The minimum absolute atomic E-state index is 0.0491. The van der Waals surface area contributed by atoms with E-state index < -0.39 is 16.1 Å². The van der Waals surface area contributed by atoms with Crippen LogP contribution in [0.1, 0.15) is 12.0 Å². The Bertz CT molecular complexity index is 693. The number of rotatable bonds is 4. The molecule has 0 atom stereocenters. The van der Waals surface area contributed by atoms with Crippen LogP contribution in [0, 0.1) is 21.4 Å². The summed E-state index contributed by atoms with van der Waals surface area (Å²) in [7, 11) is 0. The number of nitrogens with zero attached hydrogens (tertiary/aromatic N) is 3. The third-order valence-corrected chi connectivity index (χ3v) is 3.61. The number of carbonyl (C=O) groups excluding carboxylic acids is 2. The molecule has 2 rings (SSSR count). The van der Waals surface area contributed by atoms with E-state index in [4.69, 9.17) is 5.26 Å². The van der Waals surface area contributed by atoms with Crippen molar-refractivity contribution in [2.45, 2.75) is 6.42 Å². The van der Waals surface area contributed by atoms with E-state index in [9.17, 15) is 19.7 Å². The molecule has 7 nitrogen and oxygen atoms in total. The topological polar surface area (TPSA) is 104 Å². The van der Waals surface area contributed by atoms with E-state index in [0.717, 1.165) is 16.7 Å². The average molecular weight is 303 g/mol. The van der Waals surface area contributed by atoms with E-state index in [0.29, 0.717) is 5.56 Å². The third-order valence-electron chi connectivity index (χ3n) is 2.70. The molecule has 8 heteroatoms. The van der Waals surface area contributed by atoms with E-state index in [2.05, 4.69) is 0 Å². The van der Waals surface area contributed by atoms with Crippen molar-refractivity contribution in [1.29, 1.82) is 5.26 Å². The van der Waals surface area contributed by atoms with Crippen molar-refractivity contribution in [3.63, 3.8) is 0 Å². The Morgan fingerprint density at radius 1 is 1.43 bits per heavy atom. The second kappa shape index (κ2) is 6.19. The minimum atomic E-state index is -0.532. The number of amides is 2. The first-order chi connectivity index (χ1) is 10.0. The monoisotopic (exact) mass is 303 g/mol. The molecule has 1 heterocycles. The Balaban J connectivity index is 2.24. The maximum atomic E-state index is 12.0. The van der Waals surface area contributed by atoms with Crippen LogP contribution in [0.3, 0.4) is 0 Å². The van der Waals surface area contributed by atoms with Gasteiger partial charge in [-0.3, -0.25) is 24.6 Å². The van der Waals surface area contributed by atoms with Gasteiger partial charge in [-0.05, 0) is 23.4 Å². The fourth-order valence-electron chi connectivity index (χ4n) is 1.73. The van der Waals surface area contributed by atoms with Crippen LogP contribution in [0.25, 0.3) is 6.08 Å². The van der Waals surface area contributed by atoms with Gasteiger partial charge in [0.05, 0.1) is 22.3 Å². The first kappa shape index (κ1) is 14.7.